The van der Waals surface area contributed by atoms with Crippen molar-refractivity contribution < 1.29 is 14.0 Å². The number of benzene rings is 1. The first-order valence-electron chi connectivity index (χ1n) is 11.4. The Balaban J connectivity index is 1.53. The molecule has 2 N–H and O–H groups in total. The van der Waals surface area contributed by atoms with Crippen LogP contribution in [0, 0.1) is 0 Å². The molecule has 35 heavy (non-hydrogen) atoms. The Labute approximate surface area is 204 Å². The Morgan fingerprint density at radius 3 is 2.69 bits per heavy atom. The van der Waals surface area contributed by atoms with Crippen molar-refractivity contribution >= 4 is 61.4 Å². The molecule has 0 radical (unpaired) electrons. The normalized spacial score (nSPS) is 21.1. The number of carbonyl (C=O) groups excluding carboxylic acids is 2. The lowest BCUT2D eigenvalue weighted by molar-refractivity contribution is -0.122. The average Bonchev–Trinajstić information content (AvgIpc) is 3.52. The Morgan fingerprint density at radius 2 is 1.89 bits per heavy atom. The third-order valence-corrected chi connectivity index (χ3v) is 7.63. The lowest BCUT2D eigenvalue weighted by Gasteiger charge is -2.37. The number of carbonyl (C=O) groups is 2. The monoisotopic (exact) mass is 490 g/mol. The van der Waals surface area contributed by atoms with Crippen LogP contribution in [0.15, 0.2) is 41.9 Å². The number of amides is 2. The highest BCUT2D eigenvalue weighted by molar-refractivity contribution is 7.16. The smallest absolute Gasteiger partial charge is 0.261 e. The quantitative estimate of drug-likeness (QED) is 0.427. The number of piperidine rings is 1. The van der Waals surface area contributed by atoms with E-state index in [9.17, 15) is 14.0 Å². The predicted molar refractivity (Wildman–Crippen MR) is 135 cm³/mol. The molecule has 2 atom stereocenters. The van der Waals surface area contributed by atoms with Gasteiger partial charge in [-0.3, -0.25) is 14.9 Å². The van der Waals surface area contributed by atoms with E-state index in [1.807, 2.05) is 59.6 Å². The van der Waals surface area contributed by atoms with Gasteiger partial charge >= 0.3 is 0 Å². The molecule has 4 aromatic rings. The summed E-state index contributed by atoms with van der Waals surface area (Å²) < 4.78 is 15.0. The Bertz CT molecular complexity index is 1520. The zero-order valence-electron chi connectivity index (χ0n) is 19.2. The fourth-order valence-corrected chi connectivity index (χ4v) is 5.82. The third kappa shape index (κ3) is 3.52. The van der Waals surface area contributed by atoms with Crippen LogP contribution in [0.5, 0.6) is 0 Å². The fourth-order valence-electron chi connectivity index (χ4n) is 5.05. The van der Waals surface area contributed by atoms with Gasteiger partial charge in [-0.05, 0) is 38.0 Å². The largest absolute Gasteiger partial charge is 0.352 e. The predicted octanol–water partition coefficient (Wildman–Crippen LogP) is 3.22. The molecule has 0 spiro atoms. The number of nitrogens with zero attached hydrogens (tertiary/aromatic N) is 4. The van der Waals surface area contributed by atoms with Gasteiger partial charge in [0.2, 0.25) is 5.95 Å². The molecule has 6 rings (SSSR count). The topological polar surface area (TPSA) is 94.2 Å². The maximum Gasteiger partial charge on any atom is 0.261 e. The van der Waals surface area contributed by atoms with E-state index in [1.54, 1.807) is 6.20 Å². The molecule has 1 saturated heterocycles. The molecule has 0 bridgehead atoms. The van der Waals surface area contributed by atoms with Crippen LogP contribution in [0.2, 0.25) is 0 Å². The number of para-hydroxylation sites is 1. The van der Waals surface area contributed by atoms with Gasteiger partial charge in [-0.2, -0.15) is 0 Å². The summed E-state index contributed by atoms with van der Waals surface area (Å²) in [6.07, 6.45) is 1.32. The summed E-state index contributed by atoms with van der Waals surface area (Å²) >= 11 is 1.53. The zero-order valence-corrected chi connectivity index (χ0v) is 20.0. The number of imide groups is 1. The molecule has 0 saturated carbocycles. The first-order chi connectivity index (χ1) is 16.9. The van der Waals surface area contributed by atoms with Gasteiger partial charge < -0.3 is 14.8 Å². The highest BCUT2D eigenvalue weighted by Crippen LogP contribution is 2.38. The second-order valence-electron chi connectivity index (χ2n) is 9.07. The summed E-state index contributed by atoms with van der Waals surface area (Å²) in [5, 5.41) is 5.91. The first kappa shape index (κ1) is 21.9. The van der Waals surface area contributed by atoms with Crippen LogP contribution in [0.25, 0.3) is 32.3 Å². The van der Waals surface area contributed by atoms with Crippen LogP contribution in [-0.2, 0) is 9.59 Å². The molecule has 0 aliphatic carbocycles. The molecule has 10 heteroatoms. The molecule has 5 heterocycles. The molecule has 2 amide bonds. The maximum absolute atomic E-state index is 15.0. The standard InChI is InChI=1S/C25H23FN6O2S/c1-31(2)18-7-9-32(12-16(18)26)25-28-17-6-4-3-5-14(17)21(29-25)20-19(22(33)30-23(20)34)15-11-27-24-13(15)8-10-35-24/h3-6,8,10-11,16,18,27H,7,9,12H2,1-2H3,(H,30,33,34). The van der Waals surface area contributed by atoms with Crippen molar-refractivity contribution in [3.05, 3.63) is 53.2 Å². The molecular formula is C25H23FN6O2S. The van der Waals surface area contributed by atoms with Crippen LogP contribution in [-0.4, -0.2) is 71.1 Å². The van der Waals surface area contributed by atoms with Gasteiger partial charge in [0.1, 0.15) is 11.0 Å². The second kappa shape index (κ2) is 8.24. The molecule has 2 unspecified atom stereocenters. The van der Waals surface area contributed by atoms with Crippen molar-refractivity contribution in [2.75, 3.05) is 32.1 Å². The molecule has 2 aliphatic rings. The third-order valence-electron chi connectivity index (χ3n) is 6.78. The van der Waals surface area contributed by atoms with E-state index in [1.165, 1.54) is 11.3 Å². The van der Waals surface area contributed by atoms with E-state index in [0.717, 1.165) is 10.2 Å². The van der Waals surface area contributed by atoms with Crippen LogP contribution >= 0.6 is 11.3 Å². The number of hydrogen-bond acceptors (Lipinski definition) is 7. The van der Waals surface area contributed by atoms with Crippen LogP contribution in [0.3, 0.4) is 0 Å². The Kier molecular flexibility index (Phi) is 5.15. The molecule has 178 valence electrons. The summed E-state index contributed by atoms with van der Waals surface area (Å²) in [5.41, 5.74) is 2.15. The Morgan fingerprint density at radius 1 is 1.09 bits per heavy atom. The molecule has 1 fully saturated rings. The molecule has 8 nitrogen and oxygen atoms in total. The molecule has 3 aromatic heterocycles. The number of H-pyrrole nitrogens is 1. The van der Waals surface area contributed by atoms with Gasteiger partial charge in [0.05, 0.1) is 28.9 Å². The van der Waals surface area contributed by atoms with Gasteiger partial charge in [0, 0.05) is 35.1 Å². The number of hydrogen-bond donors (Lipinski definition) is 2. The van der Waals surface area contributed by atoms with E-state index in [0.29, 0.717) is 41.1 Å². The summed E-state index contributed by atoms with van der Waals surface area (Å²) in [6, 6.07) is 9.13. The maximum atomic E-state index is 15.0. The van der Waals surface area contributed by atoms with Crippen molar-refractivity contribution in [1.29, 1.82) is 0 Å². The van der Waals surface area contributed by atoms with Crippen molar-refractivity contribution in [2.45, 2.75) is 18.6 Å². The van der Waals surface area contributed by atoms with Crippen LogP contribution < -0.4 is 10.2 Å². The molecular weight excluding hydrogens is 467 g/mol. The van der Waals surface area contributed by atoms with E-state index in [4.69, 9.17) is 9.97 Å². The fraction of sp³-hybridized carbons (Fsp3) is 0.280. The number of fused-ring (bicyclic) bond motifs is 2. The number of aromatic amines is 1. The van der Waals surface area contributed by atoms with Crippen molar-refractivity contribution in [1.82, 2.24) is 25.2 Å². The first-order valence-corrected chi connectivity index (χ1v) is 12.3. The minimum Gasteiger partial charge on any atom is -0.352 e. The number of thiophene rings is 1. The summed E-state index contributed by atoms with van der Waals surface area (Å²) in [6.45, 7) is 0.746. The van der Waals surface area contributed by atoms with Gasteiger partial charge in [-0.15, -0.1) is 11.3 Å². The number of alkyl halides is 1. The lowest BCUT2D eigenvalue weighted by atomic mass is 9.97. The summed E-state index contributed by atoms with van der Waals surface area (Å²) in [7, 11) is 3.76. The number of rotatable bonds is 4. The van der Waals surface area contributed by atoms with E-state index in [2.05, 4.69) is 10.3 Å². The number of anilines is 1. The number of nitrogens with one attached hydrogen (secondary N) is 2. The second-order valence-corrected chi connectivity index (χ2v) is 9.99. The Hall–Kier alpha value is -3.63. The molecule has 1 aromatic carbocycles. The minimum absolute atomic E-state index is 0.158. The highest BCUT2D eigenvalue weighted by atomic mass is 32.1. The van der Waals surface area contributed by atoms with Gasteiger partial charge in [-0.1, -0.05) is 18.2 Å². The summed E-state index contributed by atoms with van der Waals surface area (Å²) in [5.74, 6) is -0.608. The zero-order chi connectivity index (χ0) is 24.3. The van der Waals surface area contributed by atoms with E-state index >= 15 is 0 Å². The summed E-state index contributed by atoms with van der Waals surface area (Å²) in [4.78, 5) is 43.4. The van der Waals surface area contributed by atoms with Crippen LogP contribution in [0.1, 0.15) is 17.7 Å². The van der Waals surface area contributed by atoms with Crippen molar-refractivity contribution in [2.24, 2.45) is 0 Å². The average molecular weight is 491 g/mol. The molecule has 2 aliphatic heterocycles. The van der Waals surface area contributed by atoms with Crippen molar-refractivity contribution in [3.63, 3.8) is 0 Å². The van der Waals surface area contributed by atoms with E-state index in [-0.39, 0.29) is 23.7 Å². The highest BCUT2D eigenvalue weighted by Gasteiger charge is 2.37. The van der Waals surface area contributed by atoms with Gasteiger partial charge in [-0.25, -0.2) is 14.4 Å². The van der Waals surface area contributed by atoms with Gasteiger partial charge in [0.25, 0.3) is 11.8 Å². The SMILES string of the molecule is CN(C)C1CCN(c2nc(C3=C(c4c[nH]c5sccc45)C(=O)NC3=O)c3ccccc3n2)CC1F. The number of halogens is 1. The van der Waals surface area contributed by atoms with Gasteiger partial charge in [0.15, 0.2) is 0 Å². The number of aromatic nitrogens is 3. The van der Waals surface area contributed by atoms with E-state index < -0.39 is 18.0 Å². The van der Waals surface area contributed by atoms with Crippen LogP contribution in [0.4, 0.5) is 10.3 Å². The van der Waals surface area contributed by atoms with Crippen molar-refractivity contribution in [3.8, 4) is 0 Å². The lowest BCUT2D eigenvalue weighted by Crippen LogP contribution is -2.50. The minimum atomic E-state index is -1.06.